The van der Waals surface area contributed by atoms with Crippen molar-refractivity contribution < 1.29 is 13.2 Å². The Morgan fingerprint density at radius 2 is 1.83 bits per heavy atom. The van der Waals surface area contributed by atoms with Crippen LogP contribution < -0.4 is 4.72 Å². The molecule has 0 radical (unpaired) electrons. The summed E-state index contributed by atoms with van der Waals surface area (Å²) < 4.78 is 27.1. The molecule has 1 aromatic rings. The fraction of sp³-hybridized carbons (Fsp3) is 0.471. The van der Waals surface area contributed by atoms with E-state index in [0.29, 0.717) is 13.1 Å². The molecule has 1 rings (SSSR count). The molecule has 0 aliphatic carbocycles. The van der Waals surface area contributed by atoms with E-state index in [-0.39, 0.29) is 22.8 Å². The van der Waals surface area contributed by atoms with Crippen molar-refractivity contribution in [1.29, 1.82) is 0 Å². The van der Waals surface area contributed by atoms with Gasteiger partial charge in [0.1, 0.15) is 0 Å². The molecule has 0 bridgehead atoms. The molecular weight excluding hydrogens is 312 g/mol. The first-order valence-corrected chi connectivity index (χ1v) is 9.03. The Balaban J connectivity index is 2.72. The molecule has 6 heteroatoms. The SMILES string of the molecule is C=CCN(CCNS(=O)(=O)c1ccc(C(C)(C)C)cc1)C(C)=O. The van der Waals surface area contributed by atoms with Crippen LogP contribution in [0.25, 0.3) is 0 Å². The monoisotopic (exact) mass is 338 g/mol. The lowest BCUT2D eigenvalue weighted by atomic mass is 9.87. The summed E-state index contributed by atoms with van der Waals surface area (Å²) in [7, 11) is -3.57. The molecule has 0 heterocycles. The Morgan fingerprint density at radius 1 is 1.26 bits per heavy atom. The number of hydrogen-bond acceptors (Lipinski definition) is 3. The Labute approximate surface area is 139 Å². The second-order valence-electron chi connectivity index (χ2n) is 6.43. The summed E-state index contributed by atoms with van der Waals surface area (Å²) in [5.41, 5.74) is 1.05. The summed E-state index contributed by atoms with van der Waals surface area (Å²) in [4.78, 5) is 13.1. The van der Waals surface area contributed by atoms with Gasteiger partial charge in [-0.1, -0.05) is 39.0 Å². The number of amides is 1. The van der Waals surface area contributed by atoms with Crippen molar-refractivity contribution in [3.05, 3.63) is 42.5 Å². The maximum Gasteiger partial charge on any atom is 0.240 e. The van der Waals surface area contributed by atoms with Crippen molar-refractivity contribution in [3.8, 4) is 0 Å². The zero-order valence-corrected chi connectivity index (χ0v) is 15.1. The van der Waals surface area contributed by atoms with Gasteiger partial charge < -0.3 is 4.90 Å². The highest BCUT2D eigenvalue weighted by Gasteiger charge is 2.17. The van der Waals surface area contributed by atoms with Gasteiger partial charge in [0.15, 0.2) is 0 Å². The van der Waals surface area contributed by atoms with Crippen LogP contribution in [-0.4, -0.2) is 38.9 Å². The standard InChI is InChI=1S/C17H26N2O3S/c1-6-12-19(14(2)20)13-11-18-23(21,22)16-9-7-15(8-10-16)17(3,4)5/h6-10,18H,1,11-13H2,2-5H3. The van der Waals surface area contributed by atoms with E-state index in [0.717, 1.165) is 5.56 Å². The van der Waals surface area contributed by atoms with Gasteiger partial charge in [-0.2, -0.15) is 0 Å². The van der Waals surface area contributed by atoms with Crippen LogP contribution in [-0.2, 0) is 20.2 Å². The lowest BCUT2D eigenvalue weighted by Gasteiger charge is -2.20. The van der Waals surface area contributed by atoms with E-state index in [1.807, 2.05) is 12.1 Å². The first-order chi connectivity index (χ1) is 10.6. The van der Waals surface area contributed by atoms with Gasteiger partial charge in [-0.05, 0) is 23.1 Å². The molecule has 0 saturated carbocycles. The van der Waals surface area contributed by atoms with E-state index in [1.165, 1.54) is 11.8 Å². The van der Waals surface area contributed by atoms with Crippen molar-refractivity contribution in [2.24, 2.45) is 0 Å². The molecule has 1 N–H and O–H groups in total. The average Bonchev–Trinajstić information content (AvgIpc) is 2.45. The molecule has 1 amide bonds. The normalized spacial score (nSPS) is 12.0. The Hall–Kier alpha value is -1.66. The smallest absolute Gasteiger partial charge is 0.240 e. The van der Waals surface area contributed by atoms with E-state index in [1.54, 1.807) is 18.2 Å². The average molecular weight is 338 g/mol. The maximum atomic E-state index is 12.3. The molecule has 0 aliphatic rings. The van der Waals surface area contributed by atoms with E-state index in [2.05, 4.69) is 32.1 Å². The Bertz CT molecular complexity index is 643. The number of nitrogens with zero attached hydrogens (tertiary/aromatic N) is 1. The van der Waals surface area contributed by atoms with Gasteiger partial charge in [-0.25, -0.2) is 13.1 Å². The predicted molar refractivity (Wildman–Crippen MR) is 92.8 cm³/mol. The lowest BCUT2D eigenvalue weighted by Crippen LogP contribution is -2.37. The number of carbonyl (C=O) groups excluding carboxylic acids is 1. The van der Waals surface area contributed by atoms with Crippen molar-refractivity contribution >= 4 is 15.9 Å². The lowest BCUT2D eigenvalue weighted by molar-refractivity contribution is -0.128. The topological polar surface area (TPSA) is 66.5 Å². The van der Waals surface area contributed by atoms with Gasteiger partial charge >= 0.3 is 0 Å². The highest BCUT2D eigenvalue weighted by molar-refractivity contribution is 7.89. The van der Waals surface area contributed by atoms with Crippen LogP contribution in [0.4, 0.5) is 0 Å². The van der Waals surface area contributed by atoms with Gasteiger partial charge in [0.25, 0.3) is 0 Å². The number of carbonyl (C=O) groups is 1. The van der Waals surface area contributed by atoms with Crippen molar-refractivity contribution in [2.75, 3.05) is 19.6 Å². The van der Waals surface area contributed by atoms with Gasteiger partial charge in [0, 0.05) is 26.6 Å². The fourth-order valence-corrected chi connectivity index (χ4v) is 3.09. The van der Waals surface area contributed by atoms with Crippen LogP contribution in [0.3, 0.4) is 0 Å². The number of benzene rings is 1. The Morgan fingerprint density at radius 3 is 2.26 bits per heavy atom. The quantitative estimate of drug-likeness (QED) is 0.776. The van der Waals surface area contributed by atoms with Crippen molar-refractivity contribution in [1.82, 2.24) is 9.62 Å². The maximum absolute atomic E-state index is 12.3. The number of nitrogens with one attached hydrogen (secondary N) is 1. The third-order valence-electron chi connectivity index (χ3n) is 3.50. The summed E-state index contributed by atoms with van der Waals surface area (Å²) in [6.07, 6.45) is 1.61. The predicted octanol–water partition coefficient (Wildman–Crippen LogP) is 2.30. The third-order valence-corrected chi connectivity index (χ3v) is 4.98. The zero-order valence-electron chi connectivity index (χ0n) is 14.3. The molecule has 0 saturated heterocycles. The zero-order chi connectivity index (χ0) is 17.7. The summed E-state index contributed by atoms with van der Waals surface area (Å²) in [5, 5.41) is 0. The molecule has 128 valence electrons. The first-order valence-electron chi connectivity index (χ1n) is 7.54. The second kappa shape index (κ2) is 7.75. The van der Waals surface area contributed by atoms with Crippen LogP contribution in [0.2, 0.25) is 0 Å². The molecule has 23 heavy (non-hydrogen) atoms. The van der Waals surface area contributed by atoms with E-state index < -0.39 is 10.0 Å². The molecule has 1 aromatic carbocycles. The number of rotatable bonds is 7. The van der Waals surface area contributed by atoms with Gasteiger partial charge in [-0.3, -0.25) is 4.79 Å². The highest BCUT2D eigenvalue weighted by Crippen LogP contribution is 2.23. The van der Waals surface area contributed by atoms with E-state index in [9.17, 15) is 13.2 Å². The van der Waals surface area contributed by atoms with Gasteiger partial charge in [-0.15, -0.1) is 6.58 Å². The molecule has 5 nitrogen and oxygen atoms in total. The Kier molecular flexibility index (Phi) is 6.53. The summed E-state index contributed by atoms with van der Waals surface area (Å²) in [6.45, 7) is 12.1. The molecule has 0 fully saturated rings. The minimum atomic E-state index is -3.57. The summed E-state index contributed by atoms with van der Waals surface area (Å²) >= 11 is 0. The van der Waals surface area contributed by atoms with Gasteiger partial charge in [0.2, 0.25) is 15.9 Å². The van der Waals surface area contributed by atoms with E-state index in [4.69, 9.17) is 0 Å². The summed E-state index contributed by atoms with van der Waals surface area (Å²) in [6, 6.07) is 6.87. The molecule has 0 aromatic heterocycles. The minimum absolute atomic E-state index is 0.0254. The van der Waals surface area contributed by atoms with Crippen molar-refractivity contribution in [3.63, 3.8) is 0 Å². The third kappa shape index (κ3) is 5.80. The summed E-state index contributed by atoms with van der Waals surface area (Å²) in [5.74, 6) is -0.112. The van der Waals surface area contributed by atoms with Crippen LogP contribution in [0.1, 0.15) is 33.3 Å². The van der Waals surface area contributed by atoms with Crippen LogP contribution in [0.15, 0.2) is 41.8 Å². The van der Waals surface area contributed by atoms with Crippen molar-refractivity contribution in [2.45, 2.75) is 38.0 Å². The molecule has 0 atom stereocenters. The first kappa shape index (κ1) is 19.4. The number of sulfonamides is 1. The fourth-order valence-electron chi connectivity index (χ4n) is 2.07. The van der Waals surface area contributed by atoms with Crippen LogP contribution in [0, 0.1) is 0 Å². The van der Waals surface area contributed by atoms with Gasteiger partial charge in [0.05, 0.1) is 4.90 Å². The minimum Gasteiger partial charge on any atom is -0.338 e. The largest absolute Gasteiger partial charge is 0.338 e. The second-order valence-corrected chi connectivity index (χ2v) is 8.19. The highest BCUT2D eigenvalue weighted by atomic mass is 32.2. The van der Waals surface area contributed by atoms with E-state index >= 15 is 0 Å². The van der Waals surface area contributed by atoms with Crippen LogP contribution in [0.5, 0.6) is 0 Å². The molecule has 0 spiro atoms. The molecule has 0 unspecified atom stereocenters. The molecule has 0 aliphatic heterocycles. The molecular formula is C17H26N2O3S. The van der Waals surface area contributed by atoms with Crippen LogP contribution >= 0.6 is 0 Å². The number of hydrogen-bond donors (Lipinski definition) is 1.